The molecule has 2 aromatic rings. The van der Waals surface area contributed by atoms with Crippen LogP contribution in [0.1, 0.15) is 11.1 Å². The Kier molecular flexibility index (Phi) is 4.68. The Hall–Kier alpha value is -1.69. The summed E-state index contributed by atoms with van der Waals surface area (Å²) in [6.07, 6.45) is 0.403. The van der Waals surface area contributed by atoms with E-state index >= 15 is 0 Å². The van der Waals surface area contributed by atoms with Gasteiger partial charge in [-0.3, -0.25) is 0 Å². The van der Waals surface area contributed by atoms with Crippen LogP contribution in [0.25, 0.3) is 0 Å². The first kappa shape index (κ1) is 13.7. The van der Waals surface area contributed by atoms with Crippen LogP contribution in [0.2, 0.25) is 10.0 Å². The van der Waals surface area contributed by atoms with Crippen LogP contribution < -0.4 is 4.74 Å². The number of nitrogens with zero attached hydrogens (tertiary/aromatic N) is 1. The SMILES string of the molecule is N#CCc1ccc(OCc2cccc(Cl)c2Cl)cc1. The Labute approximate surface area is 122 Å². The molecular weight excluding hydrogens is 281 g/mol. The van der Waals surface area contributed by atoms with Crippen molar-refractivity contribution in [2.24, 2.45) is 0 Å². The highest BCUT2D eigenvalue weighted by molar-refractivity contribution is 6.42. The molecule has 0 aliphatic carbocycles. The molecule has 2 rings (SSSR count). The fraction of sp³-hybridized carbons (Fsp3) is 0.133. The first-order valence-corrected chi connectivity index (χ1v) is 6.48. The van der Waals surface area contributed by atoms with Gasteiger partial charge in [0.15, 0.2) is 0 Å². The van der Waals surface area contributed by atoms with Crippen LogP contribution in [0, 0.1) is 11.3 Å². The quantitative estimate of drug-likeness (QED) is 0.822. The summed E-state index contributed by atoms with van der Waals surface area (Å²) < 4.78 is 5.64. The van der Waals surface area contributed by atoms with Gasteiger partial charge in [-0.05, 0) is 23.8 Å². The zero-order valence-electron chi connectivity index (χ0n) is 10.1. The highest BCUT2D eigenvalue weighted by Gasteiger charge is 2.05. The molecule has 0 bridgehead atoms. The second-order valence-electron chi connectivity index (χ2n) is 3.98. The number of halogens is 2. The lowest BCUT2D eigenvalue weighted by molar-refractivity contribution is 0.306. The Morgan fingerprint density at radius 2 is 1.79 bits per heavy atom. The summed E-state index contributed by atoms with van der Waals surface area (Å²) in [5, 5.41) is 9.63. The maximum absolute atomic E-state index is 8.59. The molecule has 0 atom stereocenters. The molecule has 2 nitrogen and oxygen atoms in total. The average molecular weight is 292 g/mol. The van der Waals surface area contributed by atoms with Crippen LogP contribution >= 0.6 is 23.2 Å². The summed E-state index contributed by atoms with van der Waals surface area (Å²) in [7, 11) is 0. The van der Waals surface area contributed by atoms with Crippen molar-refractivity contribution in [2.45, 2.75) is 13.0 Å². The van der Waals surface area contributed by atoms with Crippen molar-refractivity contribution >= 4 is 23.2 Å². The Balaban J connectivity index is 2.02. The lowest BCUT2D eigenvalue weighted by Gasteiger charge is -2.09. The van der Waals surface area contributed by atoms with Crippen LogP contribution in [0.4, 0.5) is 0 Å². The third-order valence-corrected chi connectivity index (χ3v) is 3.49. The molecule has 19 heavy (non-hydrogen) atoms. The van der Waals surface area contributed by atoms with Crippen LogP contribution in [-0.4, -0.2) is 0 Å². The molecule has 96 valence electrons. The summed E-state index contributed by atoms with van der Waals surface area (Å²) in [5.41, 5.74) is 1.81. The highest BCUT2D eigenvalue weighted by atomic mass is 35.5. The molecule has 0 spiro atoms. The first-order chi connectivity index (χ1) is 9.20. The molecule has 0 radical (unpaired) electrons. The van der Waals surface area contributed by atoms with Gasteiger partial charge in [-0.15, -0.1) is 0 Å². The van der Waals surface area contributed by atoms with Crippen LogP contribution in [0.5, 0.6) is 5.75 Å². The Bertz CT molecular complexity index is 603. The molecular formula is C15H11Cl2NO. The topological polar surface area (TPSA) is 33.0 Å². The lowest BCUT2D eigenvalue weighted by Crippen LogP contribution is -1.96. The van der Waals surface area contributed by atoms with Crippen molar-refractivity contribution in [3.63, 3.8) is 0 Å². The minimum Gasteiger partial charge on any atom is -0.489 e. The Morgan fingerprint density at radius 3 is 2.47 bits per heavy atom. The van der Waals surface area contributed by atoms with E-state index in [1.54, 1.807) is 6.07 Å². The zero-order chi connectivity index (χ0) is 13.7. The van der Waals surface area contributed by atoms with Crippen LogP contribution in [-0.2, 0) is 13.0 Å². The zero-order valence-corrected chi connectivity index (χ0v) is 11.6. The maximum atomic E-state index is 8.59. The van der Waals surface area contributed by atoms with Crippen LogP contribution in [0.15, 0.2) is 42.5 Å². The van der Waals surface area contributed by atoms with Gasteiger partial charge in [-0.2, -0.15) is 5.26 Å². The van der Waals surface area contributed by atoms with Crippen molar-refractivity contribution in [3.05, 3.63) is 63.6 Å². The maximum Gasteiger partial charge on any atom is 0.119 e. The fourth-order valence-electron chi connectivity index (χ4n) is 1.62. The summed E-state index contributed by atoms with van der Waals surface area (Å²) >= 11 is 12.0. The number of benzene rings is 2. The fourth-order valence-corrected chi connectivity index (χ4v) is 1.99. The number of ether oxygens (including phenoxy) is 1. The molecule has 0 unspecified atom stereocenters. The van der Waals surface area contributed by atoms with Gasteiger partial charge < -0.3 is 4.74 Å². The molecule has 0 amide bonds. The van der Waals surface area contributed by atoms with Gasteiger partial charge in [0.25, 0.3) is 0 Å². The second-order valence-corrected chi connectivity index (χ2v) is 4.77. The van der Waals surface area contributed by atoms with Gasteiger partial charge in [0.1, 0.15) is 12.4 Å². The van der Waals surface area contributed by atoms with E-state index < -0.39 is 0 Å². The predicted octanol–water partition coefficient (Wildman–Crippen LogP) is 4.64. The van der Waals surface area contributed by atoms with Gasteiger partial charge in [0.05, 0.1) is 22.5 Å². The molecule has 0 heterocycles. The smallest absolute Gasteiger partial charge is 0.119 e. The van der Waals surface area contributed by atoms with Gasteiger partial charge in [-0.1, -0.05) is 47.5 Å². The van der Waals surface area contributed by atoms with Crippen molar-refractivity contribution in [1.82, 2.24) is 0 Å². The molecule has 0 aliphatic heterocycles. The summed E-state index contributed by atoms with van der Waals surface area (Å²) in [5.74, 6) is 0.734. The number of hydrogen-bond donors (Lipinski definition) is 0. The van der Waals surface area contributed by atoms with E-state index in [1.807, 2.05) is 36.4 Å². The van der Waals surface area contributed by atoms with E-state index in [4.69, 9.17) is 33.2 Å². The van der Waals surface area contributed by atoms with Gasteiger partial charge in [0, 0.05) is 5.56 Å². The van der Waals surface area contributed by atoms with E-state index in [9.17, 15) is 0 Å². The van der Waals surface area contributed by atoms with E-state index in [-0.39, 0.29) is 0 Å². The molecule has 0 N–H and O–H groups in total. The van der Waals surface area contributed by atoms with Gasteiger partial charge >= 0.3 is 0 Å². The van der Waals surface area contributed by atoms with Crippen LogP contribution in [0.3, 0.4) is 0 Å². The average Bonchev–Trinajstić information content (AvgIpc) is 2.42. The third kappa shape index (κ3) is 3.64. The minimum absolute atomic E-state index is 0.358. The standard InChI is InChI=1S/C15H11Cl2NO/c16-14-3-1-2-12(15(14)17)10-19-13-6-4-11(5-7-13)8-9-18/h1-7H,8,10H2. The molecule has 0 aromatic heterocycles. The van der Waals surface area contributed by atoms with Gasteiger partial charge in [-0.25, -0.2) is 0 Å². The number of rotatable bonds is 4. The normalized spacial score (nSPS) is 9.95. The van der Waals surface area contributed by atoms with E-state index in [0.29, 0.717) is 23.1 Å². The first-order valence-electron chi connectivity index (χ1n) is 5.72. The highest BCUT2D eigenvalue weighted by Crippen LogP contribution is 2.26. The molecule has 2 aromatic carbocycles. The summed E-state index contributed by atoms with van der Waals surface area (Å²) in [6, 6.07) is 15.0. The van der Waals surface area contributed by atoms with E-state index in [2.05, 4.69) is 6.07 Å². The number of hydrogen-bond acceptors (Lipinski definition) is 2. The molecule has 4 heteroatoms. The third-order valence-electron chi connectivity index (χ3n) is 2.63. The minimum atomic E-state index is 0.358. The van der Waals surface area contributed by atoms with E-state index in [0.717, 1.165) is 16.9 Å². The second kappa shape index (κ2) is 6.47. The largest absolute Gasteiger partial charge is 0.489 e. The number of nitriles is 1. The van der Waals surface area contributed by atoms with Crippen molar-refractivity contribution in [2.75, 3.05) is 0 Å². The van der Waals surface area contributed by atoms with Gasteiger partial charge in [0.2, 0.25) is 0 Å². The summed E-state index contributed by atoms with van der Waals surface area (Å²) in [6.45, 7) is 0.358. The molecule has 0 saturated heterocycles. The van der Waals surface area contributed by atoms with Crippen molar-refractivity contribution in [1.29, 1.82) is 5.26 Å². The summed E-state index contributed by atoms with van der Waals surface area (Å²) in [4.78, 5) is 0. The molecule has 0 aliphatic rings. The monoisotopic (exact) mass is 291 g/mol. The lowest BCUT2D eigenvalue weighted by atomic mass is 10.2. The molecule has 0 fully saturated rings. The predicted molar refractivity (Wildman–Crippen MR) is 76.6 cm³/mol. The van der Waals surface area contributed by atoms with E-state index in [1.165, 1.54) is 0 Å². The van der Waals surface area contributed by atoms with Crippen molar-refractivity contribution in [3.8, 4) is 11.8 Å². The molecule has 0 saturated carbocycles. The Morgan fingerprint density at radius 1 is 1.05 bits per heavy atom. The van der Waals surface area contributed by atoms with Crippen molar-refractivity contribution < 1.29 is 4.74 Å².